The first kappa shape index (κ1) is 14.1. The lowest BCUT2D eigenvalue weighted by atomic mass is 10.2. The molecule has 104 valence electrons. The molecule has 2 N–H and O–H groups in total. The van der Waals surface area contributed by atoms with E-state index in [1.807, 2.05) is 0 Å². The number of ether oxygens (including phenoxy) is 2. The molecule has 1 fully saturated rings. The van der Waals surface area contributed by atoms with Gasteiger partial charge >= 0.3 is 5.97 Å². The number of nitrogens with one attached hydrogen (secondary N) is 2. The maximum atomic E-state index is 11.5. The molecule has 1 aliphatic heterocycles. The van der Waals surface area contributed by atoms with Crippen LogP contribution in [0.15, 0.2) is 24.3 Å². The third-order valence-corrected chi connectivity index (χ3v) is 2.99. The third-order valence-electron chi connectivity index (χ3n) is 2.74. The number of piperazine rings is 1. The smallest absolute Gasteiger partial charge is 0.344 e. The molecule has 0 bridgehead atoms. The van der Waals surface area contributed by atoms with Crippen LogP contribution >= 0.6 is 11.6 Å². The Hall–Kier alpha value is -1.30. The Balaban J connectivity index is 1.65. The van der Waals surface area contributed by atoms with Crippen LogP contribution in [0.2, 0.25) is 5.02 Å². The predicted octanol–water partition coefficient (Wildman–Crippen LogP) is 0.823. The zero-order chi connectivity index (χ0) is 13.5. The largest absolute Gasteiger partial charge is 0.482 e. The lowest BCUT2D eigenvalue weighted by Gasteiger charge is -2.23. The van der Waals surface area contributed by atoms with E-state index in [9.17, 15) is 4.79 Å². The number of rotatable bonds is 5. The van der Waals surface area contributed by atoms with Crippen LogP contribution in [0.4, 0.5) is 0 Å². The highest BCUT2D eigenvalue weighted by molar-refractivity contribution is 6.30. The fraction of sp³-hybridized carbons (Fsp3) is 0.462. The summed E-state index contributed by atoms with van der Waals surface area (Å²) in [7, 11) is 0. The van der Waals surface area contributed by atoms with Crippen molar-refractivity contribution in [2.24, 2.45) is 0 Å². The maximum Gasteiger partial charge on any atom is 0.344 e. The molecule has 1 saturated heterocycles. The summed E-state index contributed by atoms with van der Waals surface area (Å²) < 4.78 is 10.4. The second kappa shape index (κ2) is 7.33. The molecule has 0 amide bonds. The summed E-state index contributed by atoms with van der Waals surface area (Å²) in [5.41, 5.74) is 0. The number of carbonyl (C=O) groups is 1. The summed E-state index contributed by atoms with van der Waals surface area (Å²) in [6.45, 7) is 2.91. The van der Waals surface area contributed by atoms with Crippen molar-refractivity contribution >= 4 is 17.6 Å². The van der Waals surface area contributed by atoms with E-state index in [-0.39, 0.29) is 18.6 Å². The van der Waals surface area contributed by atoms with Crippen LogP contribution in [0, 0.1) is 0 Å². The Kier molecular flexibility index (Phi) is 5.44. The van der Waals surface area contributed by atoms with Crippen LogP contribution in [0.3, 0.4) is 0 Å². The van der Waals surface area contributed by atoms with Crippen LogP contribution in [-0.4, -0.2) is 44.9 Å². The quantitative estimate of drug-likeness (QED) is 0.784. The number of hydrogen-bond donors (Lipinski definition) is 2. The van der Waals surface area contributed by atoms with Crippen LogP contribution in [-0.2, 0) is 9.53 Å². The van der Waals surface area contributed by atoms with Crippen molar-refractivity contribution in [3.8, 4) is 5.75 Å². The minimum absolute atomic E-state index is 0.0955. The van der Waals surface area contributed by atoms with Gasteiger partial charge in [-0.1, -0.05) is 11.6 Å². The lowest BCUT2D eigenvalue weighted by Crippen LogP contribution is -2.50. The molecule has 1 aromatic carbocycles. The van der Waals surface area contributed by atoms with Crippen molar-refractivity contribution in [2.45, 2.75) is 6.04 Å². The summed E-state index contributed by atoms with van der Waals surface area (Å²) in [5, 5.41) is 7.11. The van der Waals surface area contributed by atoms with Crippen LogP contribution < -0.4 is 15.4 Å². The van der Waals surface area contributed by atoms with Gasteiger partial charge < -0.3 is 20.1 Å². The number of hydrogen-bond acceptors (Lipinski definition) is 5. The van der Waals surface area contributed by atoms with Gasteiger partial charge in [-0.15, -0.1) is 0 Å². The van der Waals surface area contributed by atoms with Gasteiger partial charge in [-0.25, -0.2) is 4.79 Å². The Morgan fingerprint density at radius 3 is 2.79 bits per heavy atom. The Morgan fingerprint density at radius 1 is 1.32 bits per heavy atom. The molecule has 1 aromatic rings. The monoisotopic (exact) mass is 284 g/mol. The number of benzene rings is 1. The van der Waals surface area contributed by atoms with Gasteiger partial charge in [-0.2, -0.15) is 0 Å². The average molecular weight is 285 g/mol. The van der Waals surface area contributed by atoms with E-state index in [0.717, 1.165) is 19.6 Å². The van der Waals surface area contributed by atoms with Gasteiger partial charge in [-0.3, -0.25) is 0 Å². The van der Waals surface area contributed by atoms with Gasteiger partial charge in [0.05, 0.1) is 6.04 Å². The Bertz CT molecular complexity index is 405. The number of esters is 1. The van der Waals surface area contributed by atoms with Crippen molar-refractivity contribution < 1.29 is 14.3 Å². The highest BCUT2D eigenvalue weighted by Crippen LogP contribution is 2.15. The molecule has 5 nitrogen and oxygen atoms in total. The first-order valence-corrected chi connectivity index (χ1v) is 6.60. The second-order valence-corrected chi connectivity index (χ2v) is 4.72. The molecule has 19 heavy (non-hydrogen) atoms. The zero-order valence-electron chi connectivity index (χ0n) is 10.5. The van der Waals surface area contributed by atoms with Crippen molar-refractivity contribution in [1.82, 2.24) is 10.6 Å². The normalized spacial score (nSPS) is 18.9. The van der Waals surface area contributed by atoms with E-state index in [2.05, 4.69) is 10.6 Å². The highest BCUT2D eigenvalue weighted by Gasteiger charge is 2.14. The lowest BCUT2D eigenvalue weighted by molar-refractivity contribution is -0.146. The summed E-state index contributed by atoms with van der Waals surface area (Å²) in [6.07, 6.45) is 0. The molecule has 1 atom stereocenters. The summed E-state index contributed by atoms with van der Waals surface area (Å²) in [6, 6.07) is 7.01. The molecular formula is C13H17ClN2O3. The van der Waals surface area contributed by atoms with Crippen LogP contribution in [0.25, 0.3) is 0 Å². The predicted molar refractivity (Wildman–Crippen MR) is 72.6 cm³/mol. The molecule has 1 heterocycles. The SMILES string of the molecule is O=C(COc1ccc(Cl)cc1)OCC1CNCCN1. The average Bonchev–Trinajstić information content (AvgIpc) is 2.45. The molecule has 1 aliphatic rings. The third kappa shape index (κ3) is 5.06. The highest BCUT2D eigenvalue weighted by atomic mass is 35.5. The van der Waals surface area contributed by atoms with Gasteiger partial charge in [0.2, 0.25) is 0 Å². The van der Waals surface area contributed by atoms with E-state index >= 15 is 0 Å². The Morgan fingerprint density at radius 2 is 2.11 bits per heavy atom. The van der Waals surface area contributed by atoms with Gasteiger partial charge in [0.1, 0.15) is 12.4 Å². The first-order chi connectivity index (χ1) is 9.24. The van der Waals surface area contributed by atoms with E-state index in [4.69, 9.17) is 21.1 Å². The van der Waals surface area contributed by atoms with Crippen LogP contribution in [0.1, 0.15) is 0 Å². The van der Waals surface area contributed by atoms with Gasteiger partial charge in [0.25, 0.3) is 0 Å². The van der Waals surface area contributed by atoms with Crippen molar-refractivity contribution in [1.29, 1.82) is 0 Å². The molecule has 0 saturated carbocycles. The summed E-state index contributed by atoms with van der Waals surface area (Å²) >= 11 is 5.75. The van der Waals surface area contributed by atoms with E-state index in [1.54, 1.807) is 24.3 Å². The molecule has 0 aromatic heterocycles. The fourth-order valence-electron chi connectivity index (χ4n) is 1.74. The maximum absolute atomic E-state index is 11.5. The minimum atomic E-state index is -0.373. The van der Waals surface area contributed by atoms with Crippen molar-refractivity contribution in [2.75, 3.05) is 32.8 Å². The molecule has 0 aliphatic carbocycles. The number of carbonyl (C=O) groups excluding carboxylic acids is 1. The fourth-order valence-corrected chi connectivity index (χ4v) is 1.87. The summed E-state index contributed by atoms with van der Waals surface area (Å²) in [4.78, 5) is 11.5. The molecule has 2 rings (SSSR count). The van der Waals surface area contributed by atoms with E-state index in [1.165, 1.54) is 0 Å². The van der Waals surface area contributed by atoms with Crippen molar-refractivity contribution in [3.63, 3.8) is 0 Å². The Labute approximate surface area is 117 Å². The zero-order valence-corrected chi connectivity index (χ0v) is 11.3. The topological polar surface area (TPSA) is 59.6 Å². The van der Waals surface area contributed by atoms with E-state index < -0.39 is 0 Å². The van der Waals surface area contributed by atoms with Crippen LogP contribution in [0.5, 0.6) is 5.75 Å². The second-order valence-electron chi connectivity index (χ2n) is 4.28. The standard InChI is InChI=1S/C13H17ClN2O3/c14-10-1-3-12(4-2-10)18-9-13(17)19-8-11-7-15-5-6-16-11/h1-4,11,15-16H,5-9H2. The summed E-state index contributed by atoms with van der Waals surface area (Å²) in [5.74, 6) is 0.223. The van der Waals surface area contributed by atoms with E-state index in [0.29, 0.717) is 17.4 Å². The van der Waals surface area contributed by atoms with Gasteiger partial charge in [0, 0.05) is 24.7 Å². The molecule has 6 heteroatoms. The minimum Gasteiger partial charge on any atom is -0.482 e. The molecule has 1 unspecified atom stereocenters. The molecule has 0 spiro atoms. The van der Waals surface area contributed by atoms with Gasteiger partial charge in [-0.05, 0) is 24.3 Å². The van der Waals surface area contributed by atoms with Gasteiger partial charge in [0.15, 0.2) is 6.61 Å². The molecular weight excluding hydrogens is 268 g/mol. The van der Waals surface area contributed by atoms with Crippen molar-refractivity contribution in [3.05, 3.63) is 29.3 Å². The first-order valence-electron chi connectivity index (χ1n) is 6.22. The molecule has 0 radical (unpaired) electrons. The number of halogens is 1.